The molecule has 166 valence electrons. The Labute approximate surface area is 180 Å². The van der Waals surface area contributed by atoms with E-state index in [1.165, 1.54) is 109 Å². The normalized spacial score (nSPS) is 11.5. The van der Waals surface area contributed by atoms with Gasteiger partial charge in [0.25, 0.3) is 0 Å². The van der Waals surface area contributed by atoms with Crippen LogP contribution in [-0.2, 0) is 6.42 Å². The van der Waals surface area contributed by atoms with Crippen LogP contribution < -0.4 is 0 Å². The summed E-state index contributed by atoms with van der Waals surface area (Å²) in [4.78, 5) is 0. The molecule has 0 bridgehead atoms. The van der Waals surface area contributed by atoms with Crippen LogP contribution in [0, 0.1) is 0 Å². The summed E-state index contributed by atoms with van der Waals surface area (Å²) in [5, 5.41) is 19.0. The lowest BCUT2D eigenvalue weighted by Crippen LogP contribution is -1.87. The molecule has 1 rings (SSSR count). The van der Waals surface area contributed by atoms with Gasteiger partial charge in [-0.2, -0.15) is 0 Å². The Hall–Kier alpha value is -1.44. The van der Waals surface area contributed by atoms with Gasteiger partial charge in [0.15, 0.2) is 0 Å². The van der Waals surface area contributed by atoms with E-state index in [0.29, 0.717) is 0 Å². The minimum absolute atomic E-state index is 0.161. The van der Waals surface area contributed by atoms with Crippen LogP contribution in [0.1, 0.15) is 122 Å². The van der Waals surface area contributed by atoms with E-state index < -0.39 is 0 Å². The third kappa shape index (κ3) is 16.1. The fourth-order valence-electron chi connectivity index (χ4n) is 3.91. The van der Waals surface area contributed by atoms with Crippen LogP contribution in [0.5, 0.6) is 11.5 Å². The maximum atomic E-state index is 9.49. The van der Waals surface area contributed by atoms with Crippen LogP contribution in [-0.4, -0.2) is 10.2 Å². The number of phenolic OH excluding ortho intramolecular Hbond substituents is 2. The van der Waals surface area contributed by atoms with Gasteiger partial charge in [0, 0.05) is 6.07 Å². The van der Waals surface area contributed by atoms with Crippen molar-refractivity contribution in [1.82, 2.24) is 0 Å². The molecule has 0 spiro atoms. The second-order valence-corrected chi connectivity index (χ2v) is 8.61. The molecular weight excluding hydrogens is 356 g/mol. The third-order valence-corrected chi connectivity index (χ3v) is 5.69. The quantitative estimate of drug-likeness (QED) is 0.179. The molecule has 0 atom stereocenters. The Balaban J connectivity index is 1.78. The summed E-state index contributed by atoms with van der Waals surface area (Å²) in [6.45, 7) is 2.27. The molecule has 0 aliphatic heterocycles. The molecule has 0 radical (unpaired) electrons. The first-order valence-electron chi connectivity index (χ1n) is 12.4. The Morgan fingerprint density at radius 1 is 0.552 bits per heavy atom. The van der Waals surface area contributed by atoms with Gasteiger partial charge in [-0.3, -0.25) is 0 Å². The standard InChI is InChI=1S/C27H46O2/c1-2-3-4-5-6-7-8-9-10-11-12-13-14-15-16-17-18-19-20-21-25-22-26(28)24-27(29)23-25/h7-8,22-24,28-29H,2-6,9-21H2,1H3/b8-7+. The fourth-order valence-corrected chi connectivity index (χ4v) is 3.91. The average Bonchev–Trinajstić information content (AvgIpc) is 2.69. The molecule has 1 aromatic rings. The zero-order valence-corrected chi connectivity index (χ0v) is 19.0. The highest BCUT2D eigenvalue weighted by molar-refractivity contribution is 5.36. The predicted molar refractivity (Wildman–Crippen MR) is 127 cm³/mol. The van der Waals surface area contributed by atoms with Crippen molar-refractivity contribution in [2.24, 2.45) is 0 Å². The molecule has 0 fully saturated rings. The molecule has 0 unspecified atom stereocenters. The van der Waals surface area contributed by atoms with E-state index in [4.69, 9.17) is 0 Å². The maximum absolute atomic E-state index is 9.49. The highest BCUT2D eigenvalue weighted by atomic mass is 16.3. The molecule has 0 saturated heterocycles. The van der Waals surface area contributed by atoms with Gasteiger partial charge in [0.05, 0.1) is 0 Å². The number of allylic oxidation sites excluding steroid dienone is 2. The second kappa shape index (κ2) is 18.6. The van der Waals surface area contributed by atoms with Crippen molar-refractivity contribution < 1.29 is 10.2 Å². The molecule has 2 N–H and O–H groups in total. The van der Waals surface area contributed by atoms with Crippen molar-refractivity contribution in [2.45, 2.75) is 122 Å². The van der Waals surface area contributed by atoms with Crippen LogP contribution in [0.3, 0.4) is 0 Å². The van der Waals surface area contributed by atoms with Crippen LogP contribution >= 0.6 is 0 Å². The number of benzene rings is 1. The Kier molecular flexibility index (Phi) is 16.4. The average molecular weight is 403 g/mol. The monoisotopic (exact) mass is 402 g/mol. The lowest BCUT2D eigenvalue weighted by molar-refractivity contribution is 0.449. The van der Waals surface area contributed by atoms with Gasteiger partial charge in [-0.1, -0.05) is 96.1 Å². The first-order chi connectivity index (χ1) is 14.2. The lowest BCUT2D eigenvalue weighted by Gasteiger charge is -2.04. The largest absolute Gasteiger partial charge is 0.508 e. The van der Waals surface area contributed by atoms with Gasteiger partial charge >= 0.3 is 0 Å². The summed E-state index contributed by atoms with van der Waals surface area (Å²) in [6, 6.07) is 4.90. The molecule has 0 aliphatic rings. The molecule has 2 heteroatoms. The van der Waals surface area contributed by atoms with Crippen LogP contribution in [0.15, 0.2) is 30.4 Å². The van der Waals surface area contributed by atoms with Crippen LogP contribution in [0.25, 0.3) is 0 Å². The number of aromatic hydroxyl groups is 2. The Morgan fingerprint density at radius 3 is 1.45 bits per heavy atom. The summed E-state index contributed by atoms with van der Waals surface area (Å²) >= 11 is 0. The first-order valence-corrected chi connectivity index (χ1v) is 12.4. The molecule has 0 saturated carbocycles. The van der Waals surface area contributed by atoms with Gasteiger partial charge < -0.3 is 10.2 Å². The summed E-state index contributed by atoms with van der Waals surface area (Å²) in [5.41, 5.74) is 1.03. The number of hydrogen-bond donors (Lipinski definition) is 2. The maximum Gasteiger partial charge on any atom is 0.119 e. The fraction of sp³-hybridized carbons (Fsp3) is 0.704. The molecule has 0 amide bonds. The van der Waals surface area contributed by atoms with Crippen molar-refractivity contribution in [3.05, 3.63) is 35.9 Å². The molecule has 1 aromatic carbocycles. The van der Waals surface area contributed by atoms with Crippen molar-refractivity contribution in [3.8, 4) is 11.5 Å². The van der Waals surface area contributed by atoms with E-state index in [0.717, 1.165) is 18.4 Å². The van der Waals surface area contributed by atoms with E-state index in [2.05, 4.69) is 19.1 Å². The molecule has 0 aromatic heterocycles. The third-order valence-electron chi connectivity index (χ3n) is 5.69. The van der Waals surface area contributed by atoms with E-state index in [1.807, 2.05) is 0 Å². The molecule has 0 heterocycles. The van der Waals surface area contributed by atoms with Gasteiger partial charge in [-0.15, -0.1) is 0 Å². The number of rotatable bonds is 19. The van der Waals surface area contributed by atoms with Gasteiger partial charge in [-0.25, -0.2) is 0 Å². The minimum atomic E-state index is 0.161. The van der Waals surface area contributed by atoms with Crippen molar-refractivity contribution in [2.75, 3.05) is 0 Å². The number of unbranched alkanes of at least 4 members (excludes halogenated alkanes) is 15. The smallest absolute Gasteiger partial charge is 0.119 e. The summed E-state index contributed by atoms with van der Waals surface area (Å²) < 4.78 is 0. The molecular formula is C27H46O2. The topological polar surface area (TPSA) is 40.5 Å². The predicted octanol–water partition coefficient (Wildman–Crippen LogP) is 8.85. The van der Waals surface area contributed by atoms with Crippen LogP contribution in [0.2, 0.25) is 0 Å². The highest BCUT2D eigenvalue weighted by Crippen LogP contribution is 2.22. The first kappa shape index (κ1) is 25.6. The zero-order valence-electron chi connectivity index (χ0n) is 19.0. The molecule has 0 aliphatic carbocycles. The number of aryl methyl sites for hydroxylation is 1. The SMILES string of the molecule is CCCCCC/C=C/CCCCCCCCCCCCCc1cc(O)cc(O)c1. The van der Waals surface area contributed by atoms with Gasteiger partial charge in [0.2, 0.25) is 0 Å². The van der Waals surface area contributed by atoms with E-state index >= 15 is 0 Å². The van der Waals surface area contributed by atoms with Crippen molar-refractivity contribution in [3.63, 3.8) is 0 Å². The Morgan fingerprint density at radius 2 is 0.966 bits per heavy atom. The van der Waals surface area contributed by atoms with Gasteiger partial charge in [0.1, 0.15) is 11.5 Å². The molecule has 2 nitrogen and oxygen atoms in total. The summed E-state index contributed by atoms with van der Waals surface area (Å²) in [7, 11) is 0. The van der Waals surface area contributed by atoms with E-state index in [9.17, 15) is 10.2 Å². The zero-order chi connectivity index (χ0) is 21.0. The lowest BCUT2D eigenvalue weighted by atomic mass is 10.0. The van der Waals surface area contributed by atoms with Crippen molar-refractivity contribution >= 4 is 0 Å². The summed E-state index contributed by atoms with van der Waals surface area (Å²) in [5.74, 6) is 0.323. The molecule has 29 heavy (non-hydrogen) atoms. The summed E-state index contributed by atoms with van der Waals surface area (Å²) in [6.07, 6.45) is 28.5. The van der Waals surface area contributed by atoms with Crippen molar-refractivity contribution in [1.29, 1.82) is 0 Å². The minimum Gasteiger partial charge on any atom is -0.508 e. The van der Waals surface area contributed by atoms with Crippen LogP contribution in [0.4, 0.5) is 0 Å². The number of phenols is 2. The Bertz CT molecular complexity index is 501. The van der Waals surface area contributed by atoms with E-state index in [1.54, 1.807) is 12.1 Å². The van der Waals surface area contributed by atoms with Gasteiger partial charge in [-0.05, 0) is 56.2 Å². The number of hydrogen-bond acceptors (Lipinski definition) is 2. The highest BCUT2D eigenvalue weighted by Gasteiger charge is 1.99. The second-order valence-electron chi connectivity index (χ2n) is 8.61. The van der Waals surface area contributed by atoms with E-state index in [-0.39, 0.29) is 11.5 Å².